The average molecular weight is 452 g/mol. The van der Waals surface area contributed by atoms with Gasteiger partial charge in [0.2, 0.25) is 0 Å². The summed E-state index contributed by atoms with van der Waals surface area (Å²) in [6.07, 6.45) is 7.07. The van der Waals surface area contributed by atoms with Gasteiger partial charge < -0.3 is 9.80 Å². The molecule has 0 spiro atoms. The van der Waals surface area contributed by atoms with Crippen molar-refractivity contribution in [3.05, 3.63) is 58.9 Å². The molecule has 3 aromatic rings. The van der Waals surface area contributed by atoms with E-state index < -0.39 is 0 Å². The zero-order chi connectivity index (χ0) is 21.9. The van der Waals surface area contributed by atoms with Crippen molar-refractivity contribution in [3.8, 4) is 0 Å². The number of carbonyl (C=O) groups is 1. The van der Waals surface area contributed by atoms with Crippen molar-refractivity contribution in [1.29, 1.82) is 0 Å². The molecule has 1 saturated heterocycles. The summed E-state index contributed by atoms with van der Waals surface area (Å²) in [6, 6.07) is 10.7. The predicted octanol–water partition coefficient (Wildman–Crippen LogP) is 3.98. The lowest BCUT2D eigenvalue weighted by molar-refractivity contribution is 0.0754. The first kappa shape index (κ1) is 21.6. The van der Waals surface area contributed by atoms with Crippen molar-refractivity contribution in [1.82, 2.24) is 24.1 Å². The monoisotopic (exact) mass is 451 g/mol. The maximum atomic E-state index is 13.6. The summed E-state index contributed by atoms with van der Waals surface area (Å²) in [5, 5.41) is 2.06. The molecular weight excluding hydrogens is 418 g/mol. The van der Waals surface area contributed by atoms with E-state index in [0.717, 1.165) is 68.8 Å². The number of hydrogen-bond acceptors (Lipinski definition) is 5. The molecule has 0 atom stereocenters. The van der Waals surface area contributed by atoms with E-state index in [4.69, 9.17) is 4.98 Å². The topological polar surface area (TPSA) is 44.1 Å². The van der Waals surface area contributed by atoms with Crippen molar-refractivity contribution < 1.29 is 4.79 Å². The maximum absolute atomic E-state index is 13.6. The predicted molar refractivity (Wildman–Crippen MR) is 129 cm³/mol. The van der Waals surface area contributed by atoms with Crippen LogP contribution in [0.25, 0.3) is 4.96 Å². The van der Waals surface area contributed by atoms with E-state index in [1.54, 1.807) is 11.3 Å². The summed E-state index contributed by atoms with van der Waals surface area (Å²) in [5.74, 6) is 0.861. The van der Waals surface area contributed by atoms with Crippen LogP contribution in [0.5, 0.6) is 0 Å². The second kappa shape index (κ2) is 9.73. The Kier molecular flexibility index (Phi) is 6.57. The minimum atomic E-state index is 0.0921. The van der Waals surface area contributed by atoms with Gasteiger partial charge in [0, 0.05) is 50.8 Å². The van der Waals surface area contributed by atoms with E-state index in [2.05, 4.69) is 63.2 Å². The Bertz CT molecular complexity index is 1040. The molecule has 0 bridgehead atoms. The van der Waals surface area contributed by atoms with E-state index >= 15 is 0 Å². The molecule has 0 radical (unpaired) electrons. The first-order valence-electron chi connectivity index (χ1n) is 11.9. The van der Waals surface area contributed by atoms with E-state index in [0.29, 0.717) is 5.69 Å². The minimum absolute atomic E-state index is 0.0921. The van der Waals surface area contributed by atoms with Crippen LogP contribution in [-0.4, -0.2) is 69.8 Å². The Morgan fingerprint density at radius 2 is 1.94 bits per heavy atom. The summed E-state index contributed by atoms with van der Waals surface area (Å²) >= 11 is 1.61. The van der Waals surface area contributed by atoms with Crippen molar-refractivity contribution >= 4 is 22.2 Å². The van der Waals surface area contributed by atoms with E-state index in [-0.39, 0.29) is 5.91 Å². The molecule has 7 heteroatoms. The second-order valence-corrected chi connectivity index (χ2v) is 10.2. The van der Waals surface area contributed by atoms with E-state index in [1.807, 2.05) is 4.90 Å². The highest BCUT2D eigenvalue weighted by Crippen LogP contribution is 2.29. The lowest BCUT2D eigenvalue weighted by Gasteiger charge is -2.32. The summed E-state index contributed by atoms with van der Waals surface area (Å²) in [7, 11) is 2.13. The Morgan fingerprint density at radius 1 is 1.09 bits per heavy atom. The molecule has 3 heterocycles. The average Bonchev–Trinajstić information content (AvgIpc) is 3.28. The molecule has 1 aromatic carbocycles. The Balaban J connectivity index is 1.42. The van der Waals surface area contributed by atoms with Gasteiger partial charge in [-0.15, -0.1) is 11.3 Å². The fourth-order valence-corrected chi connectivity index (χ4v) is 5.57. The van der Waals surface area contributed by atoms with Crippen LogP contribution >= 0.6 is 11.3 Å². The number of carbonyl (C=O) groups excluding carboxylic acids is 1. The molecule has 2 fully saturated rings. The number of likely N-dealkylation sites (N-methyl/N-ethyl adjacent to an activating group) is 1. The summed E-state index contributed by atoms with van der Waals surface area (Å²) in [6.45, 7) is 6.27. The van der Waals surface area contributed by atoms with Gasteiger partial charge in [0.15, 0.2) is 10.7 Å². The van der Waals surface area contributed by atoms with Gasteiger partial charge in [0.25, 0.3) is 5.91 Å². The molecular formula is C25H33N5OS. The van der Waals surface area contributed by atoms with Crippen molar-refractivity contribution in [2.24, 2.45) is 5.92 Å². The van der Waals surface area contributed by atoms with Crippen LogP contribution in [0.15, 0.2) is 41.9 Å². The van der Waals surface area contributed by atoms with Crippen LogP contribution in [0.2, 0.25) is 0 Å². The van der Waals surface area contributed by atoms with Gasteiger partial charge in [-0.25, -0.2) is 4.98 Å². The number of hydrogen-bond donors (Lipinski definition) is 0. The standard InChI is InChI=1S/C25H33N5OS/c1-27-11-6-12-29(14-13-27)24(31)23-22(30-15-16-32-25(30)26-23)19-28(18-21-9-5-10-21)17-20-7-3-2-4-8-20/h2-4,7-8,15-16,21H,5-6,9-14,17-19H2,1H3. The SMILES string of the molecule is CN1CCCN(C(=O)c2nc3sccn3c2CN(Cc2ccccc2)CC2CCC2)CC1. The fraction of sp³-hybridized carbons (Fsp3) is 0.520. The second-order valence-electron chi connectivity index (χ2n) is 9.36. The Morgan fingerprint density at radius 3 is 2.72 bits per heavy atom. The molecule has 2 aliphatic rings. The molecule has 5 rings (SSSR count). The highest BCUT2D eigenvalue weighted by molar-refractivity contribution is 7.15. The van der Waals surface area contributed by atoms with Gasteiger partial charge in [0.05, 0.1) is 5.69 Å². The van der Waals surface area contributed by atoms with Crippen molar-refractivity contribution in [2.45, 2.75) is 38.8 Å². The molecule has 2 aromatic heterocycles. The van der Waals surface area contributed by atoms with Gasteiger partial charge in [-0.2, -0.15) is 0 Å². The lowest BCUT2D eigenvalue weighted by atomic mass is 9.85. The van der Waals surface area contributed by atoms with E-state index in [1.165, 1.54) is 24.8 Å². The zero-order valence-electron chi connectivity index (χ0n) is 18.9. The van der Waals surface area contributed by atoms with Crippen molar-refractivity contribution in [2.75, 3.05) is 39.8 Å². The quantitative estimate of drug-likeness (QED) is 0.545. The number of fused-ring (bicyclic) bond motifs is 1. The van der Waals surface area contributed by atoms with Crippen LogP contribution in [0.1, 0.15) is 47.4 Å². The fourth-order valence-electron chi connectivity index (χ4n) is 4.83. The number of rotatable bonds is 7. The Labute approximate surface area is 194 Å². The van der Waals surface area contributed by atoms with Crippen LogP contribution in [0.4, 0.5) is 0 Å². The number of thiazole rings is 1. The largest absolute Gasteiger partial charge is 0.336 e. The normalized spacial score (nSPS) is 18.2. The van der Waals surface area contributed by atoms with Crippen LogP contribution in [-0.2, 0) is 13.1 Å². The highest BCUT2D eigenvalue weighted by Gasteiger charge is 2.28. The molecule has 1 saturated carbocycles. The molecule has 170 valence electrons. The number of benzene rings is 1. The van der Waals surface area contributed by atoms with Crippen molar-refractivity contribution in [3.63, 3.8) is 0 Å². The molecule has 0 unspecified atom stereocenters. The van der Waals surface area contributed by atoms with Crippen LogP contribution < -0.4 is 0 Å². The first-order chi connectivity index (χ1) is 15.7. The summed E-state index contributed by atoms with van der Waals surface area (Å²) in [4.78, 5) is 26.2. The highest BCUT2D eigenvalue weighted by atomic mass is 32.1. The van der Waals surface area contributed by atoms with Gasteiger partial charge in [-0.1, -0.05) is 36.8 Å². The van der Waals surface area contributed by atoms with Gasteiger partial charge >= 0.3 is 0 Å². The summed E-state index contributed by atoms with van der Waals surface area (Å²) in [5.41, 5.74) is 3.01. The van der Waals surface area contributed by atoms with Crippen LogP contribution in [0, 0.1) is 5.92 Å². The lowest BCUT2D eigenvalue weighted by Crippen LogP contribution is -2.36. The van der Waals surface area contributed by atoms with Crippen LogP contribution in [0.3, 0.4) is 0 Å². The zero-order valence-corrected chi connectivity index (χ0v) is 19.8. The third kappa shape index (κ3) is 4.75. The van der Waals surface area contributed by atoms with Gasteiger partial charge in [0.1, 0.15) is 0 Å². The van der Waals surface area contributed by atoms with Gasteiger partial charge in [-0.05, 0) is 44.3 Å². The van der Waals surface area contributed by atoms with E-state index in [9.17, 15) is 4.79 Å². The Hall–Kier alpha value is -2.22. The molecule has 0 N–H and O–H groups in total. The number of amides is 1. The number of nitrogens with zero attached hydrogens (tertiary/aromatic N) is 5. The first-order valence-corrected chi connectivity index (χ1v) is 12.7. The summed E-state index contributed by atoms with van der Waals surface area (Å²) < 4.78 is 2.14. The maximum Gasteiger partial charge on any atom is 0.274 e. The molecule has 1 aliphatic heterocycles. The number of imidazole rings is 1. The number of aromatic nitrogens is 2. The molecule has 32 heavy (non-hydrogen) atoms. The molecule has 1 aliphatic carbocycles. The smallest absolute Gasteiger partial charge is 0.274 e. The molecule has 6 nitrogen and oxygen atoms in total. The minimum Gasteiger partial charge on any atom is -0.336 e. The third-order valence-corrected chi connectivity index (χ3v) is 7.69. The van der Waals surface area contributed by atoms with Gasteiger partial charge in [-0.3, -0.25) is 14.1 Å². The molecule has 1 amide bonds. The third-order valence-electron chi connectivity index (χ3n) is 6.93.